The van der Waals surface area contributed by atoms with Crippen molar-refractivity contribution in [3.63, 3.8) is 0 Å². The van der Waals surface area contributed by atoms with Crippen LogP contribution in [0.25, 0.3) is 0 Å². The maximum absolute atomic E-state index is 3.54. The van der Waals surface area contributed by atoms with Crippen LogP contribution in [0.4, 0.5) is 0 Å². The van der Waals surface area contributed by atoms with Crippen molar-refractivity contribution < 1.29 is 0 Å². The molecular weight excluding hydrogens is 182 g/mol. The number of hydrogen-bond acceptors (Lipinski definition) is 1. The molecule has 1 aromatic carbocycles. The lowest BCUT2D eigenvalue weighted by atomic mass is 9.59. The summed E-state index contributed by atoms with van der Waals surface area (Å²) in [5.74, 6) is 2.76. The standard InChI is InChI=1S/C14H19N/c1-10-4-2-3-5-12(10)13-8-11-6-7-15-9-14(11)13/h2-5,11,13-15H,6-9H2,1H3/t11-,13+,14-/m0/s1. The first-order valence-electron chi connectivity index (χ1n) is 6.12. The van der Waals surface area contributed by atoms with Gasteiger partial charge in [-0.05, 0) is 61.7 Å². The van der Waals surface area contributed by atoms with E-state index >= 15 is 0 Å². The zero-order chi connectivity index (χ0) is 10.3. The van der Waals surface area contributed by atoms with Gasteiger partial charge in [-0.1, -0.05) is 24.3 Å². The number of nitrogens with one attached hydrogen (secondary N) is 1. The first-order chi connectivity index (χ1) is 7.36. The van der Waals surface area contributed by atoms with Gasteiger partial charge in [0.25, 0.3) is 0 Å². The van der Waals surface area contributed by atoms with E-state index in [1.54, 1.807) is 5.56 Å². The molecule has 1 heterocycles. The lowest BCUT2D eigenvalue weighted by Crippen LogP contribution is -2.47. The van der Waals surface area contributed by atoms with Crippen molar-refractivity contribution in [3.05, 3.63) is 35.4 Å². The highest BCUT2D eigenvalue weighted by molar-refractivity contribution is 5.32. The summed E-state index contributed by atoms with van der Waals surface area (Å²) in [6, 6.07) is 8.91. The van der Waals surface area contributed by atoms with E-state index in [2.05, 4.69) is 36.5 Å². The number of fused-ring (bicyclic) bond motifs is 1. The minimum Gasteiger partial charge on any atom is -0.316 e. The molecule has 0 amide bonds. The lowest BCUT2D eigenvalue weighted by Gasteiger charge is -2.49. The molecule has 2 fully saturated rings. The normalized spacial score (nSPS) is 34.3. The van der Waals surface area contributed by atoms with Crippen molar-refractivity contribution in [1.29, 1.82) is 0 Å². The molecule has 0 aromatic heterocycles. The van der Waals surface area contributed by atoms with Gasteiger partial charge in [0.2, 0.25) is 0 Å². The molecule has 0 radical (unpaired) electrons. The first-order valence-corrected chi connectivity index (χ1v) is 6.12. The highest BCUT2D eigenvalue weighted by Crippen LogP contribution is 2.50. The molecule has 0 unspecified atom stereocenters. The third-order valence-corrected chi connectivity index (χ3v) is 4.34. The van der Waals surface area contributed by atoms with E-state index in [9.17, 15) is 0 Å². The van der Waals surface area contributed by atoms with Crippen LogP contribution in [0.15, 0.2) is 24.3 Å². The maximum Gasteiger partial charge on any atom is -0.00120 e. The number of benzene rings is 1. The van der Waals surface area contributed by atoms with Crippen LogP contribution in [-0.2, 0) is 0 Å². The fourth-order valence-corrected chi connectivity index (χ4v) is 3.37. The summed E-state index contributed by atoms with van der Waals surface area (Å²) in [7, 11) is 0. The van der Waals surface area contributed by atoms with E-state index in [-0.39, 0.29) is 0 Å². The molecule has 3 rings (SSSR count). The number of rotatable bonds is 1. The smallest absolute Gasteiger partial charge is 0.00120 e. The molecule has 1 saturated carbocycles. The molecule has 1 saturated heterocycles. The van der Waals surface area contributed by atoms with E-state index in [1.807, 2.05) is 0 Å². The van der Waals surface area contributed by atoms with Crippen molar-refractivity contribution in [2.45, 2.75) is 25.7 Å². The number of aryl methyl sites for hydroxylation is 1. The summed E-state index contributed by atoms with van der Waals surface area (Å²) >= 11 is 0. The molecule has 1 N–H and O–H groups in total. The molecule has 1 aromatic rings. The first kappa shape index (κ1) is 9.41. The second-order valence-electron chi connectivity index (χ2n) is 5.12. The summed E-state index contributed by atoms with van der Waals surface area (Å²) < 4.78 is 0. The van der Waals surface area contributed by atoms with Crippen molar-refractivity contribution in [1.82, 2.24) is 5.32 Å². The lowest BCUT2D eigenvalue weighted by molar-refractivity contribution is 0.0930. The molecule has 2 aliphatic rings. The maximum atomic E-state index is 3.54. The Hall–Kier alpha value is -0.820. The van der Waals surface area contributed by atoms with Gasteiger partial charge in [-0.15, -0.1) is 0 Å². The van der Waals surface area contributed by atoms with Gasteiger partial charge < -0.3 is 5.32 Å². The molecule has 1 aliphatic carbocycles. The predicted molar refractivity (Wildman–Crippen MR) is 63.0 cm³/mol. The molecular formula is C14H19N. The van der Waals surface area contributed by atoms with Crippen LogP contribution in [0.1, 0.15) is 29.9 Å². The fraction of sp³-hybridized carbons (Fsp3) is 0.571. The molecule has 80 valence electrons. The van der Waals surface area contributed by atoms with Gasteiger partial charge >= 0.3 is 0 Å². The Morgan fingerprint density at radius 2 is 2.13 bits per heavy atom. The zero-order valence-electron chi connectivity index (χ0n) is 9.37. The summed E-state index contributed by atoms with van der Waals surface area (Å²) in [6.45, 7) is 4.73. The van der Waals surface area contributed by atoms with E-state index in [0.29, 0.717) is 0 Å². The summed E-state index contributed by atoms with van der Waals surface area (Å²) in [5, 5.41) is 3.54. The van der Waals surface area contributed by atoms with Crippen LogP contribution in [0, 0.1) is 18.8 Å². The minimum absolute atomic E-state index is 0.837. The van der Waals surface area contributed by atoms with Crippen LogP contribution in [0.3, 0.4) is 0 Å². The Bertz CT molecular complexity index is 358. The van der Waals surface area contributed by atoms with Gasteiger partial charge in [0.05, 0.1) is 0 Å². The predicted octanol–water partition coefficient (Wildman–Crippen LogP) is 2.71. The Balaban J connectivity index is 1.82. The SMILES string of the molecule is Cc1ccccc1[C@H]1C[C@@H]2CCNC[C@@H]21. The van der Waals surface area contributed by atoms with Crippen LogP contribution >= 0.6 is 0 Å². The van der Waals surface area contributed by atoms with Crippen molar-refractivity contribution in [2.24, 2.45) is 11.8 Å². The van der Waals surface area contributed by atoms with Crippen LogP contribution < -0.4 is 5.32 Å². The Labute approximate surface area is 91.9 Å². The van der Waals surface area contributed by atoms with E-state index < -0.39 is 0 Å². The van der Waals surface area contributed by atoms with Crippen LogP contribution in [0.2, 0.25) is 0 Å². The summed E-state index contributed by atoms with van der Waals surface area (Å²) in [6.07, 6.45) is 2.82. The van der Waals surface area contributed by atoms with Gasteiger partial charge in [0.1, 0.15) is 0 Å². The average molecular weight is 201 g/mol. The Kier molecular flexibility index (Phi) is 2.28. The van der Waals surface area contributed by atoms with E-state index in [4.69, 9.17) is 0 Å². The molecule has 0 spiro atoms. The summed E-state index contributed by atoms with van der Waals surface area (Å²) in [4.78, 5) is 0. The van der Waals surface area contributed by atoms with E-state index in [0.717, 1.165) is 17.8 Å². The fourth-order valence-electron chi connectivity index (χ4n) is 3.37. The van der Waals surface area contributed by atoms with Crippen LogP contribution in [0.5, 0.6) is 0 Å². The number of hydrogen-bond donors (Lipinski definition) is 1. The van der Waals surface area contributed by atoms with Crippen molar-refractivity contribution >= 4 is 0 Å². The van der Waals surface area contributed by atoms with Crippen molar-refractivity contribution in [2.75, 3.05) is 13.1 Å². The van der Waals surface area contributed by atoms with Gasteiger partial charge in [-0.3, -0.25) is 0 Å². The molecule has 3 atom stereocenters. The van der Waals surface area contributed by atoms with E-state index in [1.165, 1.54) is 31.5 Å². The number of piperidine rings is 1. The van der Waals surface area contributed by atoms with Gasteiger partial charge in [0, 0.05) is 0 Å². The average Bonchev–Trinajstić information content (AvgIpc) is 2.23. The van der Waals surface area contributed by atoms with Crippen LogP contribution in [-0.4, -0.2) is 13.1 Å². The molecule has 1 nitrogen and oxygen atoms in total. The zero-order valence-corrected chi connectivity index (χ0v) is 9.37. The second-order valence-corrected chi connectivity index (χ2v) is 5.12. The Morgan fingerprint density at radius 1 is 1.27 bits per heavy atom. The largest absolute Gasteiger partial charge is 0.316 e. The Morgan fingerprint density at radius 3 is 2.93 bits per heavy atom. The summed E-state index contributed by atoms with van der Waals surface area (Å²) in [5.41, 5.74) is 3.08. The topological polar surface area (TPSA) is 12.0 Å². The highest BCUT2D eigenvalue weighted by atomic mass is 14.9. The molecule has 1 heteroatoms. The second kappa shape index (κ2) is 3.64. The van der Waals surface area contributed by atoms with Crippen molar-refractivity contribution in [3.8, 4) is 0 Å². The van der Waals surface area contributed by atoms with Gasteiger partial charge in [-0.25, -0.2) is 0 Å². The van der Waals surface area contributed by atoms with Gasteiger partial charge in [0.15, 0.2) is 0 Å². The molecule has 15 heavy (non-hydrogen) atoms. The highest BCUT2D eigenvalue weighted by Gasteiger charge is 2.42. The third kappa shape index (κ3) is 1.50. The third-order valence-electron chi connectivity index (χ3n) is 4.34. The molecule has 1 aliphatic heterocycles. The molecule has 0 bridgehead atoms. The monoisotopic (exact) mass is 201 g/mol. The quantitative estimate of drug-likeness (QED) is 0.736. The minimum atomic E-state index is 0.837. The van der Waals surface area contributed by atoms with Gasteiger partial charge in [-0.2, -0.15) is 0 Å².